The quantitative estimate of drug-likeness (QED) is 0.895. The molecule has 1 aromatic heterocycles. The lowest BCUT2D eigenvalue weighted by Gasteiger charge is -2.12. The van der Waals surface area contributed by atoms with E-state index in [2.05, 4.69) is 4.98 Å². The molecule has 18 heavy (non-hydrogen) atoms. The predicted molar refractivity (Wildman–Crippen MR) is 69.5 cm³/mol. The minimum Gasteiger partial charge on any atom is -0.481 e. The fourth-order valence-corrected chi connectivity index (χ4v) is 2.02. The van der Waals surface area contributed by atoms with Gasteiger partial charge in [0.15, 0.2) is 0 Å². The van der Waals surface area contributed by atoms with Crippen molar-refractivity contribution in [3.8, 4) is 0 Å². The standard InChI is InChI=1S/C15H15NO2/c1-11-3-2-4-12(9-11)10-14(15(17)18)13-5-7-16-8-6-13/h2-9,14H,10H2,1H3,(H,17,18). The molecule has 1 atom stereocenters. The molecule has 0 bridgehead atoms. The van der Waals surface area contributed by atoms with Crippen LogP contribution in [0.4, 0.5) is 0 Å². The molecular weight excluding hydrogens is 226 g/mol. The van der Waals surface area contributed by atoms with Gasteiger partial charge in [-0.1, -0.05) is 29.8 Å². The van der Waals surface area contributed by atoms with Gasteiger partial charge in [-0.15, -0.1) is 0 Å². The van der Waals surface area contributed by atoms with Crippen molar-refractivity contribution in [2.75, 3.05) is 0 Å². The van der Waals surface area contributed by atoms with Crippen LogP contribution in [0.2, 0.25) is 0 Å². The fraction of sp³-hybridized carbons (Fsp3) is 0.200. The van der Waals surface area contributed by atoms with Gasteiger partial charge in [0.05, 0.1) is 5.92 Å². The Balaban J connectivity index is 2.25. The summed E-state index contributed by atoms with van der Waals surface area (Å²) < 4.78 is 0. The Labute approximate surface area is 106 Å². The number of benzene rings is 1. The van der Waals surface area contributed by atoms with Gasteiger partial charge in [0.2, 0.25) is 0 Å². The number of aryl methyl sites for hydroxylation is 1. The monoisotopic (exact) mass is 241 g/mol. The smallest absolute Gasteiger partial charge is 0.311 e. The second-order valence-corrected chi connectivity index (χ2v) is 4.36. The molecule has 0 radical (unpaired) electrons. The van der Waals surface area contributed by atoms with Crippen LogP contribution >= 0.6 is 0 Å². The molecule has 0 aliphatic carbocycles. The SMILES string of the molecule is Cc1cccc(CC(C(=O)O)c2ccncc2)c1. The first kappa shape index (κ1) is 12.3. The molecule has 0 spiro atoms. The van der Waals surface area contributed by atoms with Crippen LogP contribution in [0.1, 0.15) is 22.6 Å². The minimum atomic E-state index is -0.803. The largest absolute Gasteiger partial charge is 0.481 e. The van der Waals surface area contributed by atoms with Crippen LogP contribution in [0.3, 0.4) is 0 Å². The van der Waals surface area contributed by atoms with Gasteiger partial charge >= 0.3 is 5.97 Å². The Hall–Kier alpha value is -2.16. The van der Waals surface area contributed by atoms with Gasteiger partial charge in [-0.25, -0.2) is 0 Å². The lowest BCUT2D eigenvalue weighted by Crippen LogP contribution is -2.14. The molecule has 0 saturated carbocycles. The first-order valence-corrected chi connectivity index (χ1v) is 5.85. The number of carbonyl (C=O) groups is 1. The predicted octanol–water partition coefficient (Wildman–Crippen LogP) is 2.80. The Morgan fingerprint density at radius 3 is 2.61 bits per heavy atom. The van der Waals surface area contributed by atoms with Gasteiger partial charge in [-0.3, -0.25) is 9.78 Å². The maximum atomic E-state index is 11.4. The maximum absolute atomic E-state index is 11.4. The number of nitrogens with zero attached hydrogens (tertiary/aromatic N) is 1. The van der Waals surface area contributed by atoms with E-state index in [-0.39, 0.29) is 0 Å². The second-order valence-electron chi connectivity index (χ2n) is 4.36. The van der Waals surface area contributed by atoms with E-state index in [9.17, 15) is 9.90 Å². The van der Waals surface area contributed by atoms with Gasteiger partial charge in [0.25, 0.3) is 0 Å². The Morgan fingerprint density at radius 1 is 1.28 bits per heavy atom. The van der Waals surface area contributed by atoms with Crippen molar-refractivity contribution in [2.24, 2.45) is 0 Å². The van der Waals surface area contributed by atoms with E-state index in [1.807, 2.05) is 31.2 Å². The summed E-state index contributed by atoms with van der Waals surface area (Å²) in [6.45, 7) is 2.01. The van der Waals surface area contributed by atoms with Gasteiger partial charge in [0, 0.05) is 12.4 Å². The third-order valence-corrected chi connectivity index (χ3v) is 2.93. The summed E-state index contributed by atoms with van der Waals surface area (Å²) in [6, 6.07) is 11.5. The zero-order chi connectivity index (χ0) is 13.0. The molecule has 2 rings (SSSR count). The summed E-state index contributed by atoms with van der Waals surface area (Å²) in [5.74, 6) is -1.32. The molecule has 1 heterocycles. The van der Waals surface area contributed by atoms with Crippen LogP contribution in [0.15, 0.2) is 48.8 Å². The van der Waals surface area contributed by atoms with Crippen LogP contribution in [0.25, 0.3) is 0 Å². The Morgan fingerprint density at radius 2 is 2.00 bits per heavy atom. The highest BCUT2D eigenvalue weighted by molar-refractivity contribution is 5.76. The van der Waals surface area contributed by atoms with Crippen LogP contribution in [-0.2, 0) is 11.2 Å². The topological polar surface area (TPSA) is 50.2 Å². The summed E-state index contributed by atoms with van der Waals surface area (Å²) in [5, 5.41) is 9.34. The van der Waals surface area contributed by atoms with Crippen molar-refractivity contribution < 1.29 is 9.90 Å². The van der Waals surface area contributed by atoms with Gasteiger partial charge < -0.3 is 5.11 Å². The third-order valence-electron chi connectivity index (χ3n) is 2.93. The Kier molecular flexibility index (Phi) is 3.72. The lowest BCUT2D eigenvalue weighted by molar-refractivity contribution is -0.138. The van der Waals surface area contributed by atoms with E-state index in [0.29, 0.717) is 6.42 Å². The average Bonchev–Trinajstić information content (AvgIpc) is 2.37. The number of carboxylic acid groups (broad SMARTS) is 1. The van der Waals surface area contributed by atoms with E-state index in [0.717, 1.165) is 16.7 Å². The highest BCUT2D eigenvalue weighted by Gasteiger charge is 2.20. The average molecular weight is 241 g/mol. The first-order chi connectivity index (χ1) is 8.66. The van der Waals surface area contributed by atoms with Crippen molar-refractivity contribution in [3.63, 3.8) is 0 Å². The molecule has 0 aliphatic heterocycles. The summed E-state index contributed by atoms with van der Waals surface area (Å²) in [7, 11) is 0. The van der Waals surface area contributed by atoms with Gasteiger partial charge in [-0.2, -0.15) is 0 Å². The molecule has 3 heteroatoms. The minimum absolute atomic E-state index is 0.501. The lowest BCUT2D eigenvalue weighted by atomic mass is 9.92. The van der Waals surface area contributed by atoms with Crippen LogP contribution in [-0.4, -0.2) is 16.1 Å². The molecule has 0 amide bonds. The van der Waals surface area contributed by atoms with E-state index in [4.69, 9.17) is 0 Å². The van der Waals surface area contributed by atoms with Crippen molar-refractivity contribution >= 4 is 5.97 Å². The molecule has 0 aliphatic rings. The maximum Gasteiger partial charge on any atom is 0.311 e. The number of aliphatic carboxylic acids is 1. The van der Waals surface area contributed by atoms with Crippen LogP contribution in [0.5, 0.6) is 0 Å². The number of aromatic nitrogens is 1. The van der Waals surface area contributed by atoms with Crippen molar-refractivity contribution in [2.45, 2.75) is 19.3 Å². The summed E-state index contributed by atoms with van der Waals surface area (Å²) in [4.78, 5) is 15.3. The number of carboxylic acids is 1. The van der Waals surface area contributed by atoms with Gasteiger partial charge in [0.1, 0.15) is 0 Å². The second kappa shape index (κ2) is 5.45. The van der Waals surface area contributed by atoms with E-state index >= 15 is 0 Å². The summed E-state index contributed by atoms with van der Waals surface area (Å²) in [5.41, 5.74) is 2.98. The number of rotatable bonds is 4. The molecule has 0 saturated heterocycles. The van der Waals surface area contributed by atoms with E-state index in [1.165, 1.54) is 0 Å². The van der Waals surface area contributed by atoms with Crippen LogP contribution < -0.4 is 0 Å². The fourth-order valence-electron chi connectivity index (χ4n) is 2.02. The Bertz CT molecular complexity index is 537. The normalized spacial score (nSPS) is 12.1. The first-order valence-electron chi connectivity index (χ1n) is 5.85. The molecule has 1 aromatic carbocycles. The van der Waals surface area contributed by atoms with Crippen molar-refractivity contribution in [3.05, 3.63) is 65.5 Å². The third kappa shape index (κ3) is 2.94. The summed E-state index contributed by atoms with van der Waals surface area (Å²) in [6.07, 6.45) is 3.75. The summed E-state index contributed by atoms with van der Waals surface area (Å²) >= 11 is 0. The molecule has 3 nitrogen and oxygen atoms in total. The molecule has 0 fully saturated rings. The van der Waals surface area contributed by atoms with Crippen molar-refractivity contribution in [1.29, 1.82) is 0 Å². The zero-order valence-electron chi connectivity index (χ0n) is 10.2. The highest BCUT2D eigenvalue weighted by atomic mass is 16.4. The molecule has 2 aromatic rings. The zero-order valence-corrected chi connectivity index (χ0v) is 10.2. The van der Waals surface area contributed by atoms with Crippen molar-refractivity contribution in [1.82, 2.24) is 4.98 Å². The highest BCUT2D eigenvalue weighted by Crippen LogP contribution is 2.21. The van der Waals surface area contributed by atoms with Gasteiger partial charge in [-0.05, 0) is 36.6 Å². The molecule has 92 valence electrons. The molecule has 1 N–H and O–H groups in total. The molecular formula is C15H15NO2. The molecule has 1 unspecified atom stereocenters. The van der Waals surface area contributed by atoms with E-state index < -0.39 is 11.9 Å². The van der Waals surface area contributed by atoms with E-state index in [1.54, 1.807) is 24.5 Å². The number of pyridine rings is 1. The van der Waals surface area contributed by atoms with Crippen LogP contribution in [0, 0.1) is 6.92 Å². The number of hydrogen-bond donors (Lipinski definition) is 1. The number of hydrogen-bond acceptors (Lipinski definition) is 2.